The molecule has 0 bridgehead atoms. The van der Waals surface area contributed by atoms with Crippen LogP contribution in [0.5, 0.6) is 17.2 Å². The van der Waals surface area contributed by atoms with Crippen LogP contribution in [0.25, 0.3) is 0 Å². The van der Waals surface area contributed by atoms with Crippen molar-refractivity contribution in [3.8, 4) is 17.2 Å². The third kappa shape index (κ3) is 2.43. The van der Waals surface area contributed by atoms with Gasteiger partial charge in [-0.05, 0) is 18.1 Å². The van der Waals surface area contributed by atoms with Crippen LogP contribution in [-0.2, 0) is 6.54 Å². The molecule has 0 amide bonds. The Morgan fingerprint density at radius 1 is 1.10 bits per heavy atom. The van der Waals surface area contributed by atoms with Gasteiger partial charge in [-0.25, -0.2) is 0 Å². The topological polar surface area (TPSA) is 50.7 Å². The lowest BCUT2D eigenvalue weighted by molar-refractivity contribution is 0.174. The number of phenolic OH excluding ortho intramolecular Hbond substituents is 1. The Bertz CT molecular complexity index is 657. The predicted molar refractivity (Wildman–Crippen MR) is 78.7 cm³/mol. The molecule has 4 heteroatoms. The summed E-state index contributed by atoms with van der Waals surface area (Å²) in [6.07, 6.45) is 1.15. The highest BCUT2D eigenvalue weighted by atomic mass is 16.7. The number of ether oxygens (including phenoxy) is 2. The zero-order valence-electron chi connectivity index (χ0n) is 11.6. The number of hydrogen-bond donors (Lipinski definition) is 2. The average molecular weight is 283 g/mol. The summed E-state index contributed by atoms with van der Waals surface area (Å²) in [5, 5.41) is 13.5. The third-order valence-corrected chi connectivity index (χ3v) is 4.15. The van der Waals surface area contributed by atoms with Gasteiger partial charge >= 0.3 is 0 Å². The minimum absolute atomic E-state index is 0.227. The molecule has 2 unspecified atom stereocenters. The van der Waals surface area contributed by atoms with Gasteiger partial charge in [0.2, 0.25) is 6.79 Å². The lowest BCUT2D eigenvalue weighted by atomic mass is 10.1. The minimum atomic E-state index is 0.227. The molecule has 1 heterocycles. The first-order valence-electron chi connectivity index (χ1n) is 7.21. The lowest BCUT2D eigenvalue weighted by Gasteiger charge is -2.08. The normalized spacial score (nSPS) is 22.3. The fraction of sp³-hybridized carbons (Fsp3) is 0.294. The highest BCUT2D eigenvalue weighted by Gasteiger charge is 2.37. The monoisotopic (exact) mass is 283 g/mol. The fourth-order valence-corrected chi connectivity index (χ4v) is 2.85. The molecular formula is C17H17NO3. The standard InChI is InChI=1S/C17H17NO3/c19-15-8-17-16(20-10-21-17)6-12(15)9-18-14-7-13(14)11-4-2-1-3-5-11/h1-6,8,13-14,18-19H,7,9-10H2. The van der Waals surface area contributed by atoms with E-state index in [2.05, 4.69) is 29.6 Å². The number of phenols is 1. The predicted octanol–water partition coefficient (Wildman–Crippen LogP) is 2.77. The third-order valence-electron chi connectivity index (χ3n) is 4.15. The molecule has 1 aliphatic carbocycles. The van der Waals surface area contributed by atoms with E-state index in [1.807, 2.05) is 12.1 Å². The number of aromatic hydroxyl groups is 1. The van der Waals surface area contributed by atoms with Gasteiger partial charge in [0.25, 0.3) is 0 Å². The van der Waals surface area contributed by atoms with Crippen LogP contribution >= 0.6 is 0 Å². The smallest absolute Gasteiger partial charge is 0.231 e. The summed E-state index contributed by atoms with van der Waals surface area (Å²) >= 11 is 0. The molecule has 0 radical (unpaired) electrons. The molecule has 0 saturated heterocycles. The van der Waals surface area contributed by atoms with Gasteiger partial charge in [-0.15, -0.1) is 0 Å². The van der Waals surface area contributed by atoms with Crippen LogP contribution in [0.2, 0.25) is 0 Å². The molecular weight excluding hydrogens is 266 g/mol. The summed E-state index contributed by atoms with van der Waals surface area (Å²) in [7, 11) is 0. The van der Waals surface area contributed by atoms with Crippen molar-refractivity contribution in [1.82, 2.24) is 5.32 Å². The quantitative estimate of drug-likeness (QED) is 0.906. The first-order valence-corrected chi connectivity index (χ1v) is 7.21. The van der Waals surface area contributed by atoms with Crippen molar-refractivity contribution in [2.75, 3.05) is 6.79 Å². The van der Waals surface area contributed by atoms with Crippen molar-refractivity contribution >= 4 is 0 Å². The number of nitrogens with one attached hydrogen (secondary N) is 1. The van der Waals surface area contributed by atoms with Crippen molar-refractivity contribution in [3.63, 3.8) is 0 Å². The van der Waals surface area contributed by atoms with Crippen LogP contribution in [0.3, 0.4) is 0 Å². The number of rotatable bonds is 4. The molecule has 0 aromatic heterocycles. The Hall–Kier alpha value is -2.20. The van der Waals surface area contributed by atoms with E-state index in [0.717, 1.165) is 12.0 Å². The molecule has 4 rings (SSSR count). The van der Waals surface area contributed by atoms with Gasteiger partial charge < -0.3 is 19.9 Å². The van der Waals surface area contributed by atoms with Crippen molar-refractivity contribution in [2.24, 2.45) is 0 Å². The maximum Gasteiger partial charge on any atom is 0.231 e. The molecule has 21 heavy (non-hydrogen) atoms. The van der Waals surface area contributed by atoms with Crippen LogP contribution in [-0.4, -0.2) is 17.9 Å². The molecule has 2 aromatic rings. The first-order chi connectivity index (χ1) is 10.3. The Morgan fingerprint density at radius 2 is 1.86 bits per heavy atom. The van der Waals surface area contributed by atoms with E-state index in [0.29, 0.717) is 30.0 Å². The Morgan fingerprint density at radius 3 is 2.67 bits per heavy atom. The average Bonchev–Trinajstić information content (AvgIpc) is 3.16. The number of hydrogen-bond acceptors (Lipinski definition) is 4. The molecule has 1 saturated carbocycles. The van der Waals surface area contributed by atoms with Crippen LogP contribution in [0, 0.1) is 0 Å². The van der Waals surface area contributed by atoms with E-state index >= 15 is 0 Å². The van der Waals surface area contributed by atoms with Crippen LogP contribution in [0.4, 0.5) is 0 Å². The molecule has 2 N–H and O–H groups in total. The van der Waals surface area contributed by atoms with Crippen LogP contribution < -0.4 is 14.8 Å². The molecule has 1 fully saturated rings. The van der Waals surface area contributed by atoms with Gasteiger partial charge in [-0.2, -0.15) is 0 Å². The molecule has 2 aromatic carbocycles. The van der Waals surface area contributed by atoms with Crippen LogP contribution in [0.15, 0.2) is 42.5 Å². The van der Waals surface area contributed by atoms with Gasteiger partial charge in [-0.1, -0.05) is 30.3 Å². The van der Waals surface area contributed by atoms with Crippen molar-refractivity contribution in [3.05, 3.63) is 53.6 Å². The van der Waals surface area contributed by atoms with Gasteiger partial charge in [0.1, 0.15) is 5.75 Å². The first kappa shape index (κ1) is 12.5. The SMILES string of the molecule is Oc1cc2c(cc1CNC1CC1c1ccccc1)OCO2. The second-order valence-corrected chi connectivity index (χ2v) is 5.57. The summed E-state index contributed by atoms with van der Waals surface area (Å²) in [5.74, 6) is 2.16. The fourth-order valence-electron chi connectivity index (χ4n) is 2.85. The zero-order chi connectivity index (χ0) is 14.2. The Kier molecular flexibility index (Phi) is 2.97. The highest BCUT2D eigenvalue weighted by molar-refractivity contribution is 5.51. The summed E-state index contributed by atoms with van der Waals surface area (Å²) in [4.78, 5) is 0. The van der Waals surface area contributed by atoms with Gasteiger partial charge in [0, 0.05) is 30.1 Å². The molecule has 4 nitrogen and oxygen atoms in total. The Labute approximate surface area is 123 Å². The maximum absolute atomic E-state index is 10.0. The van der Waals surface area contributed by atoms with E-state index in [4.69, 9.17) is 9.47 Å². The highest BCUT2D eigenvalue weighted by Crippen LogP contribution is 2.42. The Balaban J connectivity index is 1.40. The van der Waals surface area contributed by atoms with E-state index in [9.17, 15) is 5.11 Å². The van der Waals surface area contributed by atoms with Crippen molar-refractivity contribution < 1.29 is 14.6 Å². The van der Waals surface area contributed by atoms with E-state index in [-0.39, 0.29) is 12.5 Å². The summed E-state index contributed by atoms with van der Waals surface area (Å²) < 4.78 is 10.6. The van der Waals surface area contributed by atoms with E-state index in [1.165, 1.54) is 5.56 Å². The molecule has 0 spiro atoms. The molecule has 2 atom stereocenters. The van der Waals surface area contributed by atoms with Gasteiger partial charge in [0.15, 0.2) is 11.5 Å². The number of benzene rings is 2. The summed E-state index contributed by atoms with van der Waals surface area (Å²) in [6.45, 7) is 0.862. The number of fused-ring (bicyclic) bond motifs is 1. The minimum Gasteiger partial charge on any atom is -0.507 e. The lowest BCUT2D eigenvalue weighted by Crippen LogP contribution is -2.17. The largest absolute Gasteiger partial charge is 0.507 e. The van der Waals surface area contributed by atoms with Crippen molar-refractivity contribution in [2.45, 2.75) is 24.9 Å². The maximum atomic E-state index is 10.0. The van der Waals surface area contributed by atoms with E-state index in [1.54, 1.807) is 6.07 Å². The second-order valence-electron chi connectivity index (χ2n) is 5.57. The van der Waals surface area contributed by atoms with Crippen LogP contribution in [0.1, 0.15) is 23.5 Å². The van der Waals surface area contributed by atoms with Crippen molar-refractivity contribution in [1.29, 1.82) is 0 Å². The van der Waals surface area contributed by atoms with Gasteiger partial charge in [0.05, 0.1) is 0 Å². The van der Waals surface area contributed by atoms with E-state index < -0.39 is 0 Å². The van der Waals surface area contributed by atoms with Gasteiger partial charge in [-0.3, -0.25) is 0 Å². The summed E-state index contributed by atoms with van der Waals surface area (Å²) in [6, 6.07) is 14.5. The molecule has 2 aliphatic rings. The summed E-state index contributed by atoms with van der Waals surface area (Å²) in [5.41, 5.74) is 2.22. The second kappa shape index (κ2) is 4.97. The molecule has 108 valence electrons. The molecule has 1 aliphatic heterocycles. The zero-order valence-corrected chi connectivity index (χ0v) is 11.6.